The molecule has 386 valence electrons. The van der Waals surface area contributed by atoms with Crippen LogP contribution < -0.4 is 30.7 Å². The summed E-state index contributed by atoms with van der Waals surface area (Å²) in [4.78, 5) is 54.1. The maximum atomic E-state index is 16.0. The minimum Gasteiger partial charge on any atom is -0.443 e. The molecule has 6 aromatic rings. The smallest absolute Gasteiger partial charge is 0.443 e. The predicted octanol–water partition coefficient (Wildman–Crippen LogP) is 5.74. The number of nitrogens with one attached hydrogen (secondary N) is 6. The molecule has 6 aromatic heterocycles. The molecule has 1 saturated heterocycles. The number of aromatic amines is 2. The van der Waals surface area contributed by atoms with Crippen molar-refractivity contribution in [3.8, 4) is 5.88 Å². The number of carbonyl (C=O) groups excluding carboxylic acids is 3. The lowest BCUT2D eigenvalue weighted by molar-refractivity contribution is -0.730. The van der Waals surface area contributed by atoms with E-state index in [0.717, 1.165) is 38.3 Å². The van der Waals surface area contributed by atoms with E-state index in [0.29, 0.717) is 73.5 Å². The second-order valence-electron chi connectivity index (χ2n) is 20.4. The van der Waals surface area contributed by atoms with Crippen LogP contribution in [0.5, 0.6) is 5.88 Å². The first-order valence-corrected chi connectivity index (χ1v) is 24.3. The quantitative estimate of drug-likeness (QED) is 0.0563. The first kappa shape index (κ1) is 46.7. The van der Waals surface area contributed by atoms with Crippen LogP contribution in [0.4, 0.5) is 54.9 Å². The first-order chi connectivity index (χ1) is 35.0. The number of halogens is 5. The van der Waals surface area contributed by atoms with Crippen LogP contribution in [0, 0.1) is 5.92 Å². The third kappa shape index (κ3) is 9.48. The molecule has 6 saturated carbocycles. The van der Waals surface area contributed by atoms with E-state index in [9.17, 15) is 27.6 Å². The Morgan fingerprint density at radius 3 is 2.48 bits per heavy atom. The molecule has 73 heavy (non-hydrogen) atoms. The lowest BCUT2D eigenvalue weighted by Crippen LogP contribution is -2.68. The number of H-pyrrole nitrogens is 2. The number of anilines is 4. The number of carbonyl (C=O) groups is 3. The number of hydrogen-bond donors (Lipinski definition) is 6. The summed E-state index contributed by atoms with van der Waals surface area (Å²) >= 11 is 0. The van der Waals surface area contributed by atoms with E-state index in [1.807, 2.05) is 6.92 Å². The average molecular weight is 1020 g/mol. The summed E-state index contributed by atoms with van der Waals surface area (Å²) in [6, 6.07) is 6.34. The van der Waals surface area contributed by atoms with Gasteiger partial charge in [0, 0.05) is 66.1 Å². The fraction of sp³-hybridized carbons (Fsp3) is 0.543. The highest BCUT2D eigenvalue weighted by Crippen LogP contribution is 2.57. The molecule has 1 aliphatic heterocycles. The second kappa shape index (κ2) is 17.7. The molecule has 7 aliphatic rings. The molecule has 0 radical (unpaired) electrons. The van der Waals surface area contributed by atoms with Gasteiger partial charge in [-0.3, -0.25) is 9.89 Å². The van der Waals surface area contributed by atoms with Crippen molar-refractivity contribution in [3.63, 3.8) is 0 Å². The minimum atomic E-state index is -5.00. The van der Waals surface area contributed by atoms with Crippen molar-refractivity contribution in [2.24, 2.45) is 5.92 Å². The lowest BCUT2D eigenvalue weighted by Gasteiger charge is -2.61. The summed E-state index contributed by atoms with van der Waals surface area (Å²) in [5.74, 6) is -0.653. The topological polar surface area (TPSA) is 248 Å². The maximum Gasteiger partial charge on any atom is 0.574 e. The molecule has 0 aromatic carbocycles. The standard InChI is InChI=1S/C46H50F5N15O7/c1-44(5-6-44)57-42(68)72-33-13-24(12-27(33)47)28-16-36(56-41-52-7-4-35-55-37(22-64(35)41)73-46(49,50)51)66(61-28)21-25-20-65-31(14-30(62-65)40(67)63-8-10-70-11-9-63)39(53-25)54-34-15-29(59-60-34)26-2-3-32(38(26)48)71-43(69)58-45-17-23(18-45)19-45/h4,7,14-16,20,22-24,26-27,32-33,38H,2-3,5-6,8-13,17-19,21H2,1H3,(H5,52,53,54,55,56,57,58,59,60,61,62,67,68,69)/p+1/t23?,24-,26-,27+,32-,33-,38+,45?/m0/s1. The summed E-state index contributed by atoms with van der Waals surface area (Å²) in [5.41, 5.74) is 1.40. The molecule has 6 N–H and O–H groups in total. The predicted molar refractivity (Wildman–Crippen MR) is 243 cm³/mol. The third-order valence-corrected chi connectivity index (χ3v) is 15.0. The van der Waals surface area contributed by atoms with Gasteiger partial charge in [0.15, 0.2) is 23.9 Å². The highest BCUT2D eigenvalue weighted by Gasteiger charge is 2.58. The Morgan fingerprint density at radius 2 is 1.73 bits per heavy atom. The van der Waals surface area contributed by atoms with E-state index in [4.69, 9.17) is 19.2 Å². The van der Waals surface area contributed by atoms with Crippen molar-refractivity contribution < 1.29 is 60.0 Å². The third-order valence-electron chi connectivity index (χ3n) is 15.0. The van der Waals surface area contributed by atoms with Gasteiger partial charge in [0.25, 0.3) is 5.91 Å². The average Bonchev–Trinajstić information content (AvgIpc) is 4.02. The summed E-state index contributed by atoms with van der Waals surface area (Å²) in [6.07, 6.45) is -1.98. The molecule has 0 spiro atoms. The first-order valence-electron chi connectivity index (χ1n) is 24.3. The van der Waals surface area contributed by atoms with Crippen LogP contribution in [0.25, 0.3) is 11.2 Å². The number of aromatic nitrogens is 10. The number of morpholine rings is 1. The van der Waals surface area contributed by atoms with Crippen LogP contribution >= 0.6 is 0 Å². The summed E-state index contributed by atoms with van der Waals surface area (Å²) in [5, 5.41) is 27.5. The van der Waals surface area contributed by atoms with Gasteiger partial charge in [0.1, 0.15) is 41.4 Å². The van der Waals surface area contributed by atoms with Gasteiger partial charge in [-0.2, -0.15) is 19.9 Å². The van der Waals surface area contributed by atoms with Gasteiger partial charge in [0.05, 0.1) is 37.4 Å². The number of fused-ring (bicyclic) bond motifs is 2. The van der Waals surface area contributed by atoms with Gasteiger partial charge in [-0.15, -0.1) is 13.2 Å². The summed E-state index contributed by atoms with van der Waals surface area (Å²) in [7, 11) is 0. The molecule has 0 unspecified atom stereocenters. The van der Waals surface area contributed by atoms with Crippen LogP contribution in [0.15, 0.2) is 42.9 Å². The number of imidazole rings is 1. The number of ether oxygens (including phenoxy) is 4. The van der Waals surface area contributed by atoms with Crippen LogP contribution in [0.1, 0.15) is 104 Å². The molecule has 27 heteroatoms. The zero-order valence-corrected chi connectivity index (χ0v) is 39.3. The van der Waals surface area contributed by atoms with Crippen LogP contribution in [0.2, 0.25) is 0 Å². The summed E-state index contributed by atoms with van der Waals surface area (Å²) < 4.78 is 96.4. The van der Waals surface area contributed by atoms with Crippen LogP contribution in [-0.2, 0) is 20.8 Å². The number of amides is 3. The molecule has 22 nitrogen and oxygen atoms in total. The molecule has 7 heterocycles. The van der Waals surface area contributed by atoms with Crippen LogP contribution in [0.3, 0.4) is 0 Å². The zero-order chi connectivity index (χ0) is 50.4. The molecule has 13 rings (SSSR count). The van der Waals surface area contributed by atoms with E-state index < -0.39 is 60.8 Å². The normalized spacial score (nSPS) is 27.0. The van der Waals surface area contributed by atoms with Gasteiger partial charge in [0.2, 0.25) is 5.88 Å². The number of alkyl halides is 5. The van der Waals surface area contributed by atoms with E-state index in [1.165, 1.54) is 21.2 Å². The van der Waals surface area contributed by atoms with Gasteiger partial charge in [-0.25, -0.2) is 47.7 Å². The monoisotopic (exact) mass is 1020 g/mol. The van der Waals surface area contributed by atoms with E-state index in [-0.39, 0.29) is 65.3 Å². The Bertz CT molecular complexity index is 3090. The maximum absolute atomic E-state index is 16.0. The molecule has 6 atom stereocenters. The lowest BCUT2D eigenvalue weighted by atomic mass is 9.50. The molecule has 6 aliphatic carbocycles. The Morgan fingerprint density at radius 1 is 0.945 bits per heavy atom. The Balaban J connectivity index is 0.845. The molecular formula is C46H51F5N15O7+. The fourth-order valence-electron chi connectivity index (χ4n) is 10.7. The van der Waals surface area contributed by atoms with Gasteiger partial charge >= 0.3 is 30.3 Å². The van der Waals surface area contributed by atoms with Crippen molar-refractivity contribution in [3.05, 3.63) is 65.6 Å². The van der Waals surface area contributed by atoms with Gasteiger partial charge < -0.3 is 39.8 Å². The van der Waals surface area contributed by atoms with Crippen molar-refractivity contribution in [2.75, 3.05) is 36.9 Å². The Kier molecular flexibility index (Phi) is 11.3. The SMILES string of the molecule is CC1(NC(=O)O[C@H]2C[C@@H](c3cc(Nc4nccc5nc(OC(F)(F)F)cn45)[n+](Cc4cn5nc(C(=O)N6CCOCC6)cc5c(Nc5cc([C@@H]6CC[C@H](OC(=O)NC78CC(C7)C8)[C@@H]6F)[nH]n5)n4)[nH]3)C[C@H]2F)CC1. The molecular weight excluding hydrogens is 970 g/mol. The Hall–Kier alpha value is -7.32. The van der Waals surface area contributed by atoms with E-state index >= 15 is 8.78 Å². The van der Waals surface area contributed by atoms with Crippen molar-refractivity contribution in [2.45, 2.75) is 125 Å². The highest BCUT2D eigenvalue weighted by atomic mass is 19.4. The zero-order valence-electron chi connectivity index (χ0n) is 39.3. The van der Waals surface area contributed by atoms with Crippen molar-refractivity contribution in [1.82, 2.24) is 59.8 Å². The van der Waals surface area contributed by atoms with Crippen molar-refractivity contribution >= 4 is 52.7 Å². The number of hydrogen-bond acceptors (Lipinski definition) is 14. The van der Waals surface area contributed by atoms with Gasteiger partial charge in [-0.05, 0) is 70.6 Å². The molecule has 7 fully saturated rings. The highest BCUT2D eigenvalue weighted by molar-refractivity contribution is 5.94. The fourth-order valence-corrected chi connectivity index (χ4v) is 10.7. The van der Waals surface area contributed by atoms with Crippen LogP contribution in [-0.4, -0.2) is 136 Å². The van der Waals surface area contributed by atoms with E-state index in [2.05, 4.69) is 56.4 Å². The Labute approximate surface area is 411 Å². The largest absolute Gasteiger partial charge is 0.574 e. The molecule has 2 bridgehead atoms. The second-order valence-corrected chi connectivity index (χ2v) is 20.4. The number of nitrogens with zero attached hydrogens (tertiary/aromatic N) is 9. The van der Waals surface area contributed by atoms with E-state index in [1.54, 1.807) is 34.0 Å². The van der Waals surface area contributed by atoms with Crippen molar-refractivity contribution in [1.29, 1.82) is 0 Å². The number of alkyl carbamates (subject to hydrolysis) is 2. The number of rotatable bonds is 14. The van der Waals surface area contributed by atoms with Gasteiger partial charge in [-0.1, -0.05) is 0 Å². The minimum absolute atomic E-state index is 0.00777. The molecule has 3 amide bonds. The summed E-state index contributed by atoms with van der Waals surface area (Å²) in [6.45, 7) is 3.31.